The number of hydrogen-bond acceptors (Lipinski definition) is 7. The molecule has 0 spiro atoms. The number of hydrogen-bond donors (Lipinski definition) is 2. The number of carbonyl (C=O) groups excluding carboxylic acids is 1. The van der Waals surface area contributed by atoms with Crippen LogP contribution in [0.25, 0.3) is 10.9 Å². The van der Waals surface area contributed by atoms with Gasteiger partial charge in [-0.05, 0) is 36.2 Å². The Kier molecular flexibility index (Phi) is 6.49. The average Bonchev–Trinajstić information content (AvgIpc) is 3.34. The van der Waals surface area contributed by atoms with Gasteiger partial charge in [0.25, 0.3) is 0 Å². The molecule has 3 aromatic carbocycles. The van der Waals surface area contributed by atoms with Gasteiger partial charge in [-0.3, -0.25) is 4.79 Å². The van der Waals surface area contributed by atoms with E-state index < -0.39 is 0 Å². The minimum atomic E-state index is -0.353. The fraction of sp³-hybridized carbons (Fsp3) is 0.192. The molecule has 2 heterocycles. The summed E-state index contributed by atoms with van der Waals surface area (Å²) in [5.41, 5.74) is 2.66. The standard InChI is InChI=1S/C26H24N4O3S/c1-2-23(25(31)28-18-12-13-21-22(14-18)33-16-32-21)34-26-29-20-11-7-6-10-19(20)24(30-26)27-15-17-8-4-3-5-9-17/h3-14,23H,2,15-16H2,1H3,(H,28,31)(H,27,29,30)/t23-/m1/s1. The van der Waals surface area contributed by atoms with Gasteiger partial charge in [0, 0.05) is 23.7 Å². The van der Waals surface area contributed by atoms with Gasteiger partial charge >= 0.3 is 0 Å². The van der Waals surface area contributed by atoms with Crippen LogP contribution in [0.4, 0.5) is 11.5 Å². The zero-order valence-corrected chi connectivity index (χ0v) is 19.5. The van der Waals surface area contributed by atoms with Gasteiger partial charge in [0.2, 0.25) is 12.7 Å². The van der Waals surface area contributed by atoms with Crippen molar-refractivity contribution in [2.75, 3.05) is 17.4 Å². The molecule has 172 valence electrons. The van der Waals surface area contributed by atoms with E-state index in [1.54, 1.807) is 18.2 Å². The quantitative estimate of drug-likeness (QED) is 0.259. The molecular formula is C26H24N4O3S. The summed E-state index contributed by atoms with van der Waals surface area (Å²) in [5, 5.41) is 7.56. The van der Waals surface area contributed by atoms with Crippen LogP contribution in [-0.4, -0.2) is 27.9 Å². The second-order valence-electron chi connectivity index (χ2n) is 7.78. The number of fused-ring (bicyclic) bond motifs is 2. The Morgan fingerprint density at radius 2 is 1.79 bits per heavy atom. The van der Waals surface area contributed by atoms with Crippen LogP contribution in [0, 0.1) is 0 Å². The summed E-state index contributed by atoms with van der Waals surface area (Å²) in [4.78, 5) is 22.5. The summed E-state index contributed by atoms with van der Waals surface area (Å²) in [5.74, 6) is 1.95. The van der Waals surface area contributed by atoms with Gasteiger partial charge in [0.1, 0.15) is 5.82 Å². The molecule has 0 saturated carbocycles. The first-order chi connectivity index (χ1) is 16.7. The molecule has 1 amide bonds. The SMILES string of the molecule is CC[C@@H](Sc1nc(NCc2ccccc2)c2ccccc2n1)C(=O)Nc1ccc2c(c1)OCO2. The van der Waals surface area contributed by atoms with Gasteiger partial charge in [-0.1, -0.05) is 61.2 Å². The lowest BCUT2D eigenvalue weighted by Crippen LogP contribution is -2.24. The zero-order chi connectivity index (χ0) is 23.3. The molecule has 5 rings (SSSR count). The molecule has 34 heavy (non-hydrogen) atoms. The van der Waals surface area contributed by atoms with E-state index in [-0.39, 0.29) is 18.0 Å². The topological polar surface area (TPSA) is 85.4 Å². The second-order valence-corrected chi connectivity index (χ2v) is 8.95. The highest BCUT2D eigenvalue weighted by atomic mass is 32.2. The minimum absolute atomic E-state index is 0.109. The maximum atomic E-state index is 13.0. The number of amides is 1. The molecule has 0 aliphatic carbocycles. The number of thioether (sulfide) groups is 1. The van der Waals surface area contributed by atoms with Crippen LogP contribution in [-0.2, 0) is 11.3 Å². The maximum absolute atomic E-state index is 13.0. The van der Waals surface area contributed by atoms with E-state index in [1.807, 2.05) is 49.4 Å². The number of para-hydroxylation sites is 1. The first-order valence-corrected chi connectivity index (χ1v) is 12.0. The molecule has 0 unspecified atom stereocenters. The molecule has 0 bridgehead atoms. The number of rotatable bonds is 8. The van der Waals surface area contributed by atoms with E-state index in [1.165, 1.54) is 11.8 Å². The third-order valence-corrected chi connectivity index (χ3v) is 6.66. The summed E-state index contributed by atoms with van der Waals surface area (Å²) in [6, 6.07) is 23.4. The Morgan fingerprint density at radius 1 is 1.00 bits per heavy atom. The van der Waals surface area contributed by atoms with Crippen LogP contribution in [0.3, 0.4) is 0 Å². The molecule has 0 fully saturated rings. The number of carbonyl (C=O) groups is 1. The zero-order valence-electron chi connectivity index (χ0n) is 18.7. The molecule has 4 aromatic rings. The van der Waals surface area contributed by atoms with Crippen molar-refractivity contribution in [3.8, 4) is 11.5 Å². The smallest absolute Gasteiger partial charge is 0.237 e. The lowest BCUT2D eigenvalue weighted by atomic mass is 10.2. The van der Waals surface area contributed by atoms with Crippen LogP contribution in [0.15, 0.2) is 78.0 Å². The van der Waals surface area contributed by atoms with Crippen molar-refractivity contribution in [2.24, 2.45) is 0 Å². The molecule has 0 saturated heterocycles. The number of anilines is 2. The first-order valence-electron chi connectivity index (χ1n) is 11.1. The predicted octanol–water partition coefficient (Wildman–Crippen LogP) is 5.48. The highest BCUT2D eigenvalue weighted by molar-refractivity contribution is 8.00. The monoisotopic (exact) mass is 472 g/mol. The Balaban J connectivity index is 1.34. The van der Waals surface area contributed by atoms with E-state index in [9.17, 15) is 4.79 Å². The van der Waals surface area contributed by atoms with Crippen LogP contribution in [0.1, 0.15) is 18.9 Å². The molecule has 2 N–H and O–H groups in total. The number of nitrogens with one attached hydrogen (secondary N) is 2. The molecular weight excluding hydrogens is 448 g/mol. The molecule has 0 radical (unpaired) electrons. The first kappa shape index (κ1) is 22.0. The summed E-state index contributed by atoms with van der Waals surface area (Å²) >= 11 is 1.36. The van der Waals surface area contributed by atoms with Crippen LogP contribution >= 0.6 is 11.8 Å². The third-order valence-electron chi connectivity index (χ3n) is 5.44. The van der Waals surface area contributed by atoms with Crippen molar-refractivity contribution in [3.63, 3.8) is 0 Å². The van der Waals surface area contributed by atoms with Crippen LogP contribution < -0.4 is 20.1 Å². The third kappa shape index (κ3) is 4.92. The lowest BCUT2D eigenvalue weighted by molar-refractivity contribution is -0.115. The van der Waals surface area contributed by atoms with E-state index in [0.29, 0.717) is 35.3 Å². The molecule has 1 atom stereocenters. The lowest BCUT2D eigenvalue weighted by Gasteiger charge is -2.16. The van der Waals surface area contributed by atoms with Crippen molar-refractivity contribution in [2.45, 2.75) is 30.3 Å². The second kappa shape index (κ2) is 10.0. The van der Waals surface area contributed by atoms with E-state index in [2.05, 4.69) is 22.8 Å². The van der Waals surface area contributed by atoms with E-state index in [4.69, 9.17) is 19.4 Å². The fourth-order valence-corrected chi connectivity index (χ4v) is 4.55. The van der Waals surface area contributed by atoms with Crippen LogP contribution in [0.5, 0.6) is 11.5 Å². The summed E-state index contributed by atoms with van der Waals surface area (Å²) in [6.45, 7) is 2.82. The Bertz CT molecular complexity index is 1320. The summed E-state index contributed by atoms with van der Waals surface area (Å²) < 4.78 is 10.7. The number of aromatic nitrogens is 2. The van der Waals surface area contributed by atoms with E-state index in [0.717, 1.165) is 22.3 Å². The molecule has 1 aromatic heterocycles. The van der Waals surface area contributed by atoms with Crippen molar-refractivity contribution < 1.29 is 14.3 Å². The number of nitrogens with zero attached hydrogens (tertiary/aromatic N) is 2. The van der Waals surface area contributed by atoms with Crippen molar-refractivity contribution in [1.29, 1.82) is 0 Å². The Morgan fingerprint density at radius 3 is 2.65 bits per heavy atom. The average molecular weight is 473 g/mol. The van der Waals surface area contributed by atoms with Crippen LogP contribution in [0.2, 0.25) is 0 Å². The largest absolute Gasteiger partial charge is 0.454 e. The van der Waals surface area contributed by atoms with Gasteiger partial charge in [0.15, 0.2) is 16.7 Å². The molecule has 7 nitrogen and oxygen atoms in total. The van der Waals surface area contributed by atoms with Gasteiger partial charge in [0.05, 0.1) is 10.8 Å². The van der Waals surface area contributed by atoms with Gasteiger partial charge < -0.3 is 20.1 Å². The predicted molar refractivity (Wildman–Crippen MR) is 134 cm³/mol. The number of benzene rings is 3. The van der Waals surface area contributed by atoms with E-state index >= 15 is 0 Å². The minimum Gasteiger partial charge on any atom is -0.454 e. The molecule has 8 heteroatoms. The Labute approximate surface area is 201 Å². The summed E-state index contributed by atoms with van der Waals surface area (Å²) in [7, 11) is 0. The van der Waals surface area contributed by atoms with Gasteiger partial charge in [-0.2, -0.15) is 0 Å². The maximum Gasteiger partial charge on any atom is 0.237 e. The fourth-order valence-electron chi connectivity index (χ4n) is 3.67. The number of ether oxygens (including phenoxy) is 2. The van der Waals surface area contributed by atoms with Crippen molar-refractivity contribution in [3.05, 3.63) is 78.4 Å². The van der Waals surface area contributed by atoms with Gasteiger partial charge in [-0.25, -0.2) is 9.97 Å². The van der Waals surface area contributed by atoms with Crippen molar-refractivity contribution in [1.82, 2.24) is 9.97 Å². The van der Waals surface area contributed by atoms with Gasteiger partial charge in [-0.15, -0.1) is 0 Å². The summed E-state index contributed by atoms with van der Waals surface area (Å²) in [6.07, 6.45) is 0.629. The Hall–Kier alpha value is -3.78. The molecule has 1 aliphatic rings. The highest BCUT2D eigenvalue weighted by Gasteiger charge is 2.22. The highest BCUT2D eigenvalue weighted by Crippen LogP contribution is 2.35. The normalized spacial score (nSPS) is 13.0. The molecule has 1 aliphatic heterocycles. The van der Waals surface area contributed by atoms with Crippen molar-refractivity contribution >= 4 is 40.1 Å².